The Morgan fingerprint density at radius 1 is 0.597 bits per heavy atom. The van der Waals surface area contributed by atoms with Crippen molar-refractivity contribution in [3.63, 3.8) is 0 Å². The maximum Gasteiger partial charge on any atom is 0.216 e. The van der Waals surface area contributed by atoms with E-state index in [4.69, 9.17) is 38.1 Å². The van der Waals surface area contributed by atoms with Gasteiger partial charge in [-0.25, -0.2) is 14.6 Å². The minimum atomic E-state index is -0.547. The van der Waals surface area contributed by atoms with Crippen LogP contribution < -0.4 is 5.32 Å². The van der Waals surface area contributed by atoms with E-state index in [-0.39, 0.29) is 42.0 Å². The highest BCUT2D eigenvalue weighted by Crippen LogP contribution is 2.36. The first kappa shape index (κ1) is 54.1. The summed E-state index contributed by atoms with van der Waals surface area (Å²) in [6, 6.07) is 50.7. The third-order valence-electron chi connectivity index (χ3n) is 14.4. The van der Waals surface area contributed by atoms with Gasteiger partial charge in [0.05, 0.1) is 92.3 Å². The Kier molecular flexibility index (Phi) is 18.5. The number of rotatable bonds is 24. The predicted octanol–water partition coefficient (Wildman–Crippen LogP) is 11.2. The van der Waals surface area contributed by atoms with Crippen molar-refractivity contribution in [3.05, 3.63) is 207 Å². The van der Waals surface area contributed by atoms with E-state index in [1.54, 1.807) is 10.9 Å². The molecule has 8 aromatic rings. The molecule has 10 rings (SSSR count). The van der Waals surface area contributed by atoms with Crippen molar-refractivity contribution in [2.24, 2.45) is 11.8 Å². The van der Waals surface area contributed by atoms with Gasteiger partial charge in [0.25, 0.3) is 0 Å². The standard InChI is InChI=1S/C61H66N6O8S2/c1-40-41(2)55(70-35-45-22-12-6-13-23-45)52(39-69-34-44-20-10-5-11-21-44)75-50(40)30-62-61-63-31-53(76-61)54(68)59-42(3)64-60(77-59)49-32-67(66-65-49)33-51-57(72-37-47-26-16-8-17-27-47)58(73-38-48-28-18-9-19-29-48)56(43(4)74-51)71-36-46-24-14-7-15-25-46/h5-29,31-32,40-41,43,50-52,55-58H,30,33-39H2,1-4H3,(H,62,63)/t40-,41+,43+,50+,51+,52+,55-,56+,57+,58+/m0/s1. The number of nitrogens with zero attached hydrogens (tertiary/aromatic N) is 5. The number of aromatic nitrogens is 5. The molecule has 0 spiro atoms. The zero-order valence-electron chi connectivity index (χ0n) is 43.8. The lowest BCUT2D eigenvalue weighted by molar-refractivity contribution is -0.263. The molecule has 0 aliphatic carbocycles. The van der Waals surface area contributed by atoms with E-state index in [2.05, 4.69) is 70.9 Å². The Balaban J connectivity index is 0.800. The molecule has 2 aliphatic heterocycles. The lowest BCUT2D eigenvalue weighted by Gasteiger charge is -2.45. The molecule has 2 aliphatic rings. The summed E-state index contributed by atoms with van der Waals surface area (Å²) in [5.41, 5.74) is 6.49. The number of aryl methyl sites for hydroxylation is 1. The number of carbonyl (C=O) groups excluding carboxylic acids is 1. The van der Waals surface area contributed by atoms with E-state index in [9.17, 15) is 4.79 Å². The molecule has 0 radical (unpaired) electrons. The van der Waals surface area contributed by atoms with Crippen LogP contribution in [0.2, 0.25) is 0 Å². The maximum absolute atomic E-state index is 14.2. The maximum atomic E-state index is 14.2. The summed E-state index contributed by atoms with van der Waals surface area (Å²) in [5.74, 6) is 0.188. The van der Waals surface area contributed by atoms with Crippen LogP contribution in [-0.4, -0.2) is 92.7 Å². The fourth-order valence-corrected chi connectivity index (χ4v) is 11.8. The zero-order chi connectivity index (χ0) is 52.9. The monoisotopic (exact) mass is 1070 g/mol. The number of hydrogen-bond acceptors (Lipinski definition) is 15. The molecule has 0 bridgehead atoms. The second-order valence-corrected chi connectivity index (χ2v) is 21.9. The van der Waals surface area contributed by atoms with Crippen LogP contribution >= 0.6 is 22.7 Å². The minimum absolute atomic E-state index is 0.150. The molecule has 5 aromatic carbocycles. The van der Waals surface area contributed by atoms with Gasteiger partial charge >= 0.3 is 0 Å². The molecule has 0 unspecified atom stereocenters. The highest BCUT2D eigenvalue weighted by Gasteiger charge is 2.47. The Morgan fingerprint density at radius 3 is 1.69 bits per heavy atom. The number of benzene rings is 5. The number of carbonyl (C=O) groups is 1. The van der Waals surface area contributed by atoms with E-state index >= 15 is 0 Å². The van der Waals surface area contributed by atoms with Crippen molar-refractivity contribution in [3.8, 4) is 10.7 Å². The molecule has 16 heteroatoms. The number of anilines is 1. The fourth-order valence-electron chi connectivity index (χ4n) is 9.98. The summed E-state index contributed by atoms with van der Waals surface area (Å²) in [5, 5.41) is 13.8. The first-order chi connectivity index (χ1) is 37.7. The van der Waals surface area contributed by atoms with Gasteiger partial charge in [-0.15, -0.1) is 16.4 Å². The second-order valence-electron chi connectivity index (χ2n) is 19.9. The van der Waals surface area contributed by atoms with Gasteiger partial charge in [-0.1, -0.05) is 182 Å². The predicted molar refractivity (Wildman–Crippen MR) is 297 cm³/mol. The summed E-state index contributed by atoms with van der Waals surface area (Å²) >= 11 is 2.60. The summed E-state index contributed by atoms with van der Waals surface area (Å²) in [6.07, 6.45) is 0.546. The van der Waals surface area contributed by atoms with Crippen LogP contribution in [0.5, 0.6) is 0 Å². The largest absolute Gasteiger partial charge is 0.374 e. The molecule has 10 atom stereocenters. The smallest absolute Gasteiger partial charge is 0.216 e. The number of thiazole rings is 2. The number of ether oxygens (including phenoxy) is 7. The van der Waals surface area contributed by atoms with Crippen LogP contribution in [0.1, 0.15) is 68.8 Å². The fraction of sp³-hybridized carbons (Fsp3) is 0.361. The van der Waals surface area contributed by atoms with E-state index < -0.39 is 24.4 Å². The van der Waals surface area contributed by atoms with E-state index in [0.29, 0.717) is 84.0 Å². The summed E-state index contributed by atoms with van der Waals surface area (Å²) in [6.45, 7) is 11.6. The molecular formula is C61H66N6O8S2. The van der Waals surface area contributed by atoms with Gasteiger partial charge in [0.2, 0.25) is 5.78 Å². The van der Waals surface area contributed by atoms with Crippen molar-refractivity contribution in [1.29, 1.82) is 0 Å². The number of ketones is 1. The summed E-state index contributed by atoms with van der Waals surface area (Å²) in [4.78, 5) is 24.6. The third-order valence-corrected chi connectivity index (χ3v) is 16.5. The van der Waals surface area contributed by atoms with Crippen LogP contribution in [0.4, 0.5) is 5.13 Å². The van der Waals surface area contributed by atoms with Crippen LogP contribution in [0.3, 0.4) is 0 Å². The average Bonchev–Trinajstić information content (AvgIpc) is 4.24. The lowest BCUT2D eigenvalue weighted by atomic mass is 9.81. The van der Waals surface area contributed by atoms with Crippen LogP contribution in [0, 0.1) is 18.8 Å². The van der Waals surface area contributed by atoms with Gasteiger partial charge in [0, 0.05) is 6.54 Å². The first-order valence-corrected chi connectivity index (χ1v) is 28.0. The van der Waals surface area contributed by atoms with Crippen molar-refractivity contribution in [2.75, 3.05) is 18.5 Å². The third kappa shape index (κ3) is 14.1. The van der Waals surface area contributed by atoms with E-state index in [1.807, 2.05) is 135 Å². The molecule has 0 saturated carbocycles. The Bertz CT molecular complexity index is 3060. The lowest BCUT2D eigenvalue weighted by Crippen LogP contribution is -2.60. The highest BCUT2D eigenvalue weighted by atomic mass is 32.1. The van der Waals surface area contributed by atoms with Crippen LogP contribution in [0.15, 0.2) is 164 Å². The number of hydrogen-bond donors (Lipinski definition) is 1. The molecule has 5 heterocycles. The number of nitrogens with one attached hydrogen (secondary N) is 1. The quantitative estimate of drug-likeness (QED) is 0.0572. The second kappa shape index (κ2) is 26.4. The highest BCUT2D eigenvalue weighted by molar-refractivity contribution is 7.20. The molecule has 14 nitrogen and oxygen atoms in total. The molecule has 2 saturated heterocycles. The van der Waals surface area contributed by atoms with Crippen molar-refractivity contribution >= 4 is 33.6 Å². The minimum Gasteiger partial charge on any atom is -0.374 e. The summed E-state index contributed by atoms with van der Waals surface area (Å²) in [7, 11) is 0. The average molecular weight is 1080 g/mol. The van der Waals surface area contributed by atoms with Gasteiger partial charge < -0.3 is 38.5 Å². The van der Waals surface area contributed by atoms with E-state index in [1.165, 1.54) is 22.7 Å². The normalized spacial score (nSPS) is 23.4. The molecular weight excluding hydrogens is 1010 g/mol. The Labute approximate surface area is 458 Å². The van der Waals surface area contributed by atoms with Crippen LogP contribution in [0.25, 0.3) is 10.7 Å². The van der Waals surface area contributed by atoms with Gasteiger partial charge in [-0.05, 0) is 53.5 Å². The Hall–Kier alpha value is -6.31. The van der Waals surface area contributed by atoms with Gasteiger partial charge in [0.15, 0.2) is 5.13 Å². The van der Waals surface area contributed by atoms with Crippen LogP contribution in [-0.2, 0) is 72.7 Å². The van der Waals surface area contributed by atoms with Crippen molar-refractivity contribution in [1.82, 2.24) is 25.0 Å². The van der Waals surface area contributed by atoms with Gasteiger partial charge in [0.1, 0.15) is 41.2 Å². The topological polar surface area (TPSA) is 150 Å². The molecule has 400 valence electrons. The van der Waals surface area contributed by atoms with Gasteiger partial charge in [-0.3, -0.25) is 4.79 Å². The summed E-state index contributed by atoms with van der Waals surface area (Å²) < 4.78 is 48.5. The zero-order valence-corrected chi connectivity index (χ0v) is 45.5. The van der Waals surface area contributed by atoms with Gasteiger partial charge in [-0.2, -0.15) is 0 Å². The van der Waals surface area contributed by atoms with E-state index in [0.717, 1.165) is 27.8 Å². The molecule has 3 aromatic heterocycles. The Morgan fingerprint density at radius 2 is 1.12 bits per heavy atom. The molecule has 1 N–H and O–H groups in total. The van der Waals surface area contributed by atoms with Crippen molar-refractivity contribution in [2.45, 2.75) is 116 Å². The van der Waals surface area contributed by atoms with Crippen molar-refractivity contribution < 1.29 is 38.0 Å². The molecule has 0 amide bonds. The molecule has 77 heavy (non-hydrogen) atoms. The first-order valence-electron chi connectivity index (χ1n) is 26.4. The SMILES string of the molecule is Cc1nc(-c2cn(C[C@H]3O[C@H](C)[C@@H](OCc4ccccc4)[C@@H](OCc4ccccc4)[C@@H]3OCc3ccccc3)nn2)sc1C(=O)c1cnc(NC[C@H]2O[C@H](COCc3ccccc3)[C@@H](OCc3ccccc3)[C@H](C)[C@@H]2C)s1. The molecule has 2 fully saturated rings.